The molecule has 4 aromatic rings. The molecule has 1 atom stereocenters. The van der Waals surface area contributed by atoms with Crippen LogP contribution in [0.15, 0.2) is 55.0 Å². The molecule has 34 heavy (non-hydrogen) atoms. The standard InChI is InChI=1S/C25H27N7O2/c1-17(29-22(33)14-19-8-5-7-18-6-3-4-9-20(18)19)25(34)32-12-10-31(11-13-32)24-21-15-28-30(2)23(21)26-16-27-24/h3-9,15-17H,10-14H2,1-2H3,(H,29,33). The van der Waals surface area contributed by atoms with E-state index in [-0.39, 0.29) is 18.2 Å². The highest BCUT2D eigenvalue weighted by atomic mass is 16.2. The maximum absolute atomic E-state index is 13.0. The van der Waals surface area contributed by atoms with Crippen LogP contribution >= 0.6 is 0 Å². The highest BCUT2D eigenvalue weighted by Gasteiger charge is 2.27. The molecule has 2 aromatic carbocycles. The molecule has 0 saturated carbocycles. The van der Waals surface area contributed by atoms with E-state index in [1.54, 1.807) is 29.0 Å². The topological polar surface area (TPSA) is 96.2 Å². The van der Waals surface area contributed by atoms with Crippen LogP contribution in [-0.4, -0.2) is 68.7 Å². The molecule has 5 rings (SSSR count). The number of hydrogen-bond donors (Lipinski definition) is 1. The third-order valence-electron chi connectivity index (χ3n) is 6.38. The molecule has 9 heteroatoms. The number of carbonyl (C=O) groups is 2. The van der Waals surface area contributed by atoms with E-state index in [9.17, 15) is 9.59 Å². The first-order valence-corrected chi connectivity index (χ1v) is 11.4. The van der Waals surface area contributed by atoms with Crippen molar-refractivity contribution in [3.05, 3.63) is 60.6 Å². The zero-order chi connectivity index (χ0) is 23.7. The predicted molar refractivity (Wildman–Crippen MR) is 130 cm³/mol. The minimum absolute atomic E-state index is 0.0693. The molecule has 0 aliphatic carbocycles. The van der Waals surface area contributed by atoms with Crippen LogP contribution in [0.5, 0.6) is 0 Å². The van der Waals surface area contributed by atoms with Gasteiger partial charge in [0, 0.05) is 33.2 Å². The van der Waals surface area contributed by atoms with Crippen molar-refractivity contribution in [2.24, 2.45) is 7.05 Å². The van der Waals surface area contributed by atoms with Gasteiger partial charge < -0.3 is 15.1 Å². The summed E-state index contributed by atoms with van der Waals surface area (Å²) in [7, 11) is 1.85. The molecule has 1 N–H and O–H groups in total. The summed E-state index contributed by atoms with van der Waals surface area (Å²) in [5.74, 6) is 0.609. The second-order valence-electron chi connectivity index (χ2n) is 8.62. The first kappa shape index (κ1) is 21.8. The Balaban J connectivity index is 1.18. The fourth-order valence-electron chi connectivity index (χ4n) is 4.59. The van der Waals surface area contributed by atoms with Crippen molar-refractivity contribution >= 4 is 39.4 Å². The number of carbonyl (C=O) groups excluding carboxylic acids is 2. The third kappa shape index (κ3) is 4.16. The fourth-order valence-corrected chi connectivity index (χ4v) is 4.59. The van der Waals surface area contributed by atoms with Crippen molar-refractivity contribution in [1.82, 2.24) is 30.0 Å². The predicted octanol–water partition coefficient (Wildman–Crippen LogP) is 1.91. The molecule has 0 radical (unpaired) electrons. The fraction of sp³-hybridized carbons (Fsp3) is 0.320. The monoisotopic (exact) mass is 457 g/mol. The summed E-state index contributed by atoms with van der Waals surface area (Å²) < 4.78 is 1.73. The number of rotatable bonds is 5. The summed E-state index contributed by atoms with van der Waals surface area (Å²) in [5.41, 5.74) is 1.74. The lowest BCUT2D eigenvalue weighted by atomic mass is 10.0. The van der Waals surface area contributed by atoms with Crippen LogP contribution in [-0.2, 0) is 23.1 Å². The highest BCUT2D eigenvalue weighted by molar-refractivity contribution is 5.92. The Morgan fingerprint density at radius 3 is 2.59 bits per heavy atom. The molecule has 1 fully saturated rings. The van der Waals surface area contributed by atoms with Gasteiger partial charge in [0.1, 0.15) is 18.2 Å². The zero-order valence-corrected chi connectivity index (χ0v) is 19.3. The van der Waals surface area contributed by atoms with Gasteiger partial charge in [-0.25, -0.2) is 9.97 Å². The number of benzene rings is 2. The number of fused-ring (bicyclic) bond motifs is 2. The Kier molecular flexibility index (Phi) is 5.83. The average Bonchev–Trinajstić information content (AvgIpc) is 3.25. The van der Waals surface area contributed by atoms with Gasteiger partial charge in [-0.3, -0.25) is 14.3 Å². The molecule has 0 bridgehead atoms. The van der Waals surface area contributed by atoms with Crippen molar-refractivity contribution in [3.63, 3.8) is 0 Å². The van der Waals surface area contributed by atoms with Crippen LogP contribution in [0.2, 0.25) is 0 Å². The Morgan fingerprint density at radius 1 is 1.00 bits per heavy atom. The van der Waals surface area contributed by atoms with E-state index >= 15 is 0 Å². The van der Waals surface area contributed by atoms with Crippen molar-refractivity contribution in [2.45, 2.75) is 19.4 Å². The molecular formula is C25H27N7O2. The first-order valence-electron chi connectivity index (χ1n) is 11.4. The highest BCUT2D eigenvalue weighted by Crippen LogP contribution is 2.23. The van der Waals surface area contributed by atoms with E-state index in [1.165, 1.54) is 0 Å². The summed E-state index contributed by atoms with van der Waals surface area (Å²) in [4.78, 5) is 38.4. The van der Waals surface area contributed by atoms with Crippen molar-refractivity contribution in [1.29, 1.82) is 0 Å². The van der Waals surface area contributed by atoms with Crippen molar-refractivity contribution < 1.29 is 9.59 Å². The molecule has 1 saturated heterocycles. The Labute approximate surface area is 197 Å². The molecule has 1 aliphatic heterocycles. The van der Waals surface area contributed by atoms with Crippen LogP contribution in [0, 0.1) is 0 Å². The molecule has 1 aliphatic rings. The van der Waals surface area contributed by atoms with Gasteiger partial charge in [-0.2, -0.15) is 5.10 Å². The van der Waals surface area contributed by atoms with Crippen molar-refractivity contribution in [3.8, 4) is 0 Å². The number of piperazine rings is 1. The van der Waals surface area contributed by atoms with Gasteiger partial charge in [-0.1, -0.05) is 42.5 Å². The van der Waals surface area contributed by atoms with Crippen LogP contribution < -0.4 is 10.2 Å². The smallest absolute Gasteiger partial charge is 0.244 e. The number of amides is 2. The molecule has 0 spiro atoms. The summed E-state index contributed by atoms with van der Waals surface area (Å²) in [6.45, 7) is 4.19. The van der Waals surface area contributed by atoms with E-state index in [0.29, 0.717) is 26.2 Å². The van der Waals surface area contributed by atoms with Gasteiger partial charge in [0.2, 0.25) is 11.8 Å². The van der Waals surface area contributed by atoms with Gasteiger partial charge >= 0.3 is 0 Å². The number of nitrogens with one attached hydrogen (secondary N) is 1. The number of hydrogen-bond acceptors (Lipinski definition) is 6. The molecule has 2 amide bonds. The minimum atomic E-state index is -0.585. The molecule has 2 aromatic heterocycles. The second-order valence-corrected chi connectivity index (χ2v) is 8.62. The lowest BCUT2D eigenvalue weighted by Crippen LogP contribution is -2.54. The maximum atomic E-state index is 13.0. The van der Waals surface area contributed by atoms with Crippen molar-refractivity contribution in [2.75, 3.05) is 31.1 Å². The van der Waals surface area contributed by atoms with Gasteiger partial charge in [0.15, 0.2) is 5.65 Å². The number of anilines is 1. The van der Waals surface area contributed by atoms with E-state index < -0.39 is 6.04 Å². The number of nitrogens with zero attached hydrogens (tertiary/aromatic N) is 6. The van der Waals surface area contributed by atoms with E-state index in [2.05, 4.69) is 25.3 Å². The van der Waals surface area contributed by atoms with Gasteiger partial charge in [-0.05, 0) is 23.3 Å². The largest absolute Gasteiger partial charge is 0.352 e. The van der Waals surface area contributed by atoms with E-state index in [0.717, 1.165) is 33.2 Å². The third-order valence-corrected chi connectivity index (χ3v) is 6.38. The van der Waals surface area contributed by atoms with E-state index in [1.807, 2.05) is 49.5 Å². The lowest BCUT2D eigenvalue weighted by Gasteiger charge is -2.36. The summed E-state index contributed by atoms with van der Waals surface area (Å²) >= 11 is 0. The van der Waals surface area contributed by atoms with Gasteiger partial charge in [0.25, 0.3) is 0 Å². The quantitative estimate of drug-likeness (QED) is 0.492. The van der Waals surface area contributed by atoms with Crippen LogP contribution in [0.4, 0.5) is 5.82 Å². The molecular weight excluding hydrogens is 430 g/mol. The summed E-state index contributed by atoms with van der Waals surface area (Å²) in [6.07, 6.45) is 3.56. The Morgan fingerprint density at radius 2 is 1.76 bits per heavy atom. The molecule has 174 valence electrons. The molecule has 9 nitrogen and oxygen atoms in total. The maximum Gasteiger partial charge on any atom is 0.244 e. The molecule has 1 unspecified atom stereocenters. The van der Waals surface area contributed by atoms with Gasteiger partial charge in [-0.15, -0.1) is 0 Å². The first-order chi connectivity index (χ1) is 16.5. The van der Waals surface area contributed by atoms with Gasteiger partial charge in [0.05, 0.1) is 18.0 Å². The average molecular weight is 458 g/mol. The molecule has 3 heterocycles. The van der Waals surface area contributed by atoms with Crippen LogP contribution in [0.25, 0.3) is 21.8 Å². The lowest BCUT2D eigenvalue weighted by molar-refractivity contribution is -0.136. The normalized spacial score (nSPS) is 15.0. The summed E-state index contributed by atoms with van der Waals surface area (Å²) in [5, 5.41) is 10.2. The Bertz CT molecular complexity index is 1350. The second kappa shape index (κ2) is 9.09. The SMILES string of the molecule is CC(NC(=O)Cc1cccc2ccccc12)C(=O)N1CCN(c2ncnc3c2cnn3C)CC1. The minimum Gasteiger partial charge on any atom is -0.352 e. The number of aryl methyl sites for hydroxylation is 1. The summed E-state index contributed by atoms with van der Waals surface area (Å²) in [6, 6.07) is 13.4. The van der Waals surface area contributed by atoms with Crippen LogP contribution in [0.1, 0.15) is 12.5 Å². The Hall–Kier alpha value is -4.01. The number of aromatic nitrogens is 4. The van der Waals surface area contributed by atoms with E-state index in [4.69, 9.17) is 0 Å². The van der Waals surface area contributed by atoms with Crippen LogP contribution in [0.3, 0.4) is 0 Å². The zero-order valence-electron chi connectivity index (χ0n) is 19.3.